The van der Waals surface area contributed by atoms with Crippen molar-refractivity contribution in [3.63, 3.8) is 0 Å². The zero-order valence-electron chi connectivity index (χ0n) is 51.9. The minimum atomic E-state index is -0.765. The average Bonchev–Trinajstić information content (AvgIpc) is 3.39. The molecule has 0 aliphatic heterocycles. The van der Waals surface area contributed by atoms with E-state index in [9.17, 15) is 14.4 Å². The van der Waals surface area contributed by atoms with E-state index >= 15 is 0 Å². The van der Waals surface area contributed by atoms with Crippen LogP contribution in [0.5, 0.6) is 0 Å². The molecular weight excluding hydrogens is 925 g/mol. The minimum Gasteiger partial charge on any atom is -0.462 e. The van der Waals surface area contributed by atoms with Gasteiger partial charge in [-0.2, -0.15) is 0 Å². The van der Waals surface area contributed by atoms with Crippen molar-refractivity contribution >= 4 is 17.9 Å². The van der Waals surface area contributed by atoms with Gasteiger partial charge in [-0.1, -0.05) is 350 Å². The summed E-state index contributed by atoms with van der Waals surface area (Å²) in [5.74, 6) is 1.77. The number of esters is 3. The summed E-state index contributed by atoms with van der Waals surface area (Å²) >= 11 is 0. The van der Waals surface area contributed by atoms with Crippen LogP contribution in [-0.4, -0.2) is 37.2 Å². The van der Waals surface area contributed by atoms with Gasteiger partial charge in [0.05, 0.1) is 0 Å². The molecule has 6 heteroatoms. The van der Waals surface area contributed by atoms with E-state index in [1.54, 1.807) is 0 Å². The lowest BCUT2D eigenvalue weighted by molar-refractivity contribution is -0.167. The highest BCUT2D eigenvalue weighted by molar-refractivity contribution is 5.71. The molecule has 75 heavy (non-hydrogen) atoms. The van der Waals surface area contributed by atoms with Crippen molar-refractivity contribution in [2.45, 2.75) is 394 Å². The Labute approximate surface area is 469 Å². The summed E-state index contributed by atoms with van der Waals surface area (Å²) in [6, 6.07) is 0. The zero-order valence-corrected chi connectivity index (χ0v) is 51.9. The maximum Gasteiger partial charge on any atom is 0.306 e. The van der Waals surface area contributed by atoms with Crippen LogP contribution < -0.4 is 0 Å². The molecule has 2 atom stereocenters. The molecule has 0 aliphatic rings. The SMILES string of the molecule is CCC(C)CCCCCCCCCCCCCCCCCCCCC(=O)OC[C@H](COC(=O)CCCCCCCCCCCCCCCCCC(C)C)OC(=O)CCCCCCCCCCCCCCCCC(C)C. The molecule has 0 radical (unpaired) electrons. The van der Waals surface area contributed by atoms with Gasteiger partial charge in [-0.05, 0) is 37.0 Å². The van der Waals surface area contributed by atoms with Crippen molar-refractivity contribution in [3.05, 3.63) is 0 Å². The van der Waals surface area contributed by atoms with Crippen LogP contribution in [0, 0.1) is 17.8 Å². The standard InChI is InChI=1S/C69H134O6/c1-7-65(6)57-51-45-39-33-27-21-14-10-8-9-11-15-22-28-34-40-46-52-58-67(70)73-61-66(75-69(72)60-54-48-42-36-30-24-18-17-20-26-32-38-44-50-56-64(4)5)62-74-68(71)59-53-47-41-35-29-23-16-12-13-19-25-31-37-43-49-55-63(2)3/h63-66H,7-62H2,1-6H3/t65?,66-/m1/s1. The molecule has 0 aromatic rings. The fourth-order valence-corrected chi connectivity index (χ4v) is 10.7. The largest absolute Gasteiger partial charge is 0.462 e. The maximum absolute atomic E-state index is 12.9. The first-order valence-electron chi connectivity index (χ1n) is 34.1. The van der Waals surface area contributed by atoms with Crippen molar-refractivity contribution in [1.29, 1.82) is 0 Å². The van der Waals surface area contributed by atoms with Gasteiger partial charge in [-0.25, -0.2) is 0 Å². The Morgan fingerprint density at radius 3 is 0.693 bits per heavy atom. The monoisotopic (exact) mass is 1060 g/mol. The third-order valence-corrected chi connectivity index (χ3v) is 16.3. The molecule has 0 rings (SSSR count). The molecule has 0 saturated carbocycles. The Bertz CT molecular complexity index is 1170. The third-order valence-electron chi connectivity index (χ3n) is 16.3. The van der Waals surface area contributed by atoms with Crippen molar-refractivity contribution in [2.75, 3.05) is 13.2 Å². The van der Waals surface area contributed by atoms with Crippen molar-refractivity contribution < 1.29 is 28.6 Å². The van der Waals surface area contributed by atoms with Crippen molar-refractivity contribution in [3.8, 4) is 0 Å². The highest BCUT2D eigenvalue weighted by Crippen LogP contribution is 2.20. The normalized spacial score (nSPS) is 12.5. The van der Waals surface area contributed by atoms with Crippen LogP contribution in [0.15, 0.2) is 0 Å². The minimum absolute atomic E-state index is 0.0620. The van der Waals surface area contributed by atoms with Crippen LogP contribution in [0.1, 0.15) is 388 Å². The highest BCUT2D eigenvalue weighted by atomic mass is 16.6. The van der Waals surface area contributed by atoms with Gasteiger partial charge in [-0.3, -0.25) is 14.4 Å². The first-order chi connectivity index (χ1) is 36.6. The quantitative estimate of drug-likeness (QED) is 0.0343. The van der Waals surface area contributed by atoms with E-state index in [0.29, 0.717) is 19.3 Å². The lowest BCUT2D eigenvalue weighted by atomic mass is 9.99. The van der Waals surface area contributed by atoms with Gasteiger partial charge in [0, 0.05) is 19.3 Å². The summed E-state index contributed by atoms with van der Waals surface area (Å²) in [5, 5.41) is 0. The highest BCUT2D eigenvalue weighted by Gasteiger charge is 2.20. The molecule has 1 unspecified atom stereocenters. The predicted molar refractivity (Wildman–Crippen MR) is 326 cm³/mol. The van der Waals surface area contributed by atoms with Gasteiger partial charge >= 0.3 is 17.9 Å². The van der Waals surface area contributed by atoms with Crippen molar-refractivity contribution in [1.82, 2.24) is 0 Å². The summed E-state index contributed by atoms with van der Waals surface area (Å²) in [5.41, 5.74) is 0. The molecule has 0 N–H and O–H groups in total. The Hall–Kier alpha value is -1.59. The molecule has 0 aromatic heterocycles. The number of rotatable bonds is 62. The van der Waals surface area contributed by atoms with Crippen LogP contribution in [0.2, 0.25) is 0 Å². The fourth-order valence-electron chi connectivity index (χ4n) is 10.7. The Morgan fingerprint density at radius 2 is 0.467 bits per heavy atom. The van der Waals surface area contributed by atoms with Crippen LogP contribution in [0.4, 0.5) is 0 Å². The van der Waals surface area contributed by atoms with E-state index in [1.165, 1.54) is 270 Å². The number of carbonyl (C=O) groups excluding carboxylic acids is 3. The van der Waals surface area contributed by atoms with Crippen LogP contribution in [0.25, 0.3) is 0 Å². The zero-order chi connectivity index (χ0) is 54.8. The van der Waals surface area contributed by atoms with Crippen molar-refractivity contribution in [2.24, 2.45) is 17.8 Å². The summed E-state index contributed by atoms with van der Waals surface area (Å²) in [6.45, 7) is 13.9. The van der Waals surface area contributed by atoms with E-state index < -0.39 is 6.10 Å². The average molecular weight is 1060 g/mol. The second kappa shape index (κ2) is 60.1. The van der Waals surface area contributed by atoms with Crippen LogP contribution >= 0.6 is 0 Å². The van der Waals surface area contributed by atoms with Gasteiger partial charge in [-0.15, -0.1) is 0 Å². The number of ether oxygens (including phenoxy) is 3. The number of hydrogen-bond acceptors (Lipinski definition) is 6. The third kappa shape index (κ3) is 61.5. The summed E-state index contributed by atoms with van der Waals surface area (Å²) in [6.07, 6.45) is 66.8. The van der Waals surface area contributed by atoms with Gasteiger partial charge in [0.2, 0.25) is 0 Å². The molecular formula is C69H134O6. The van der Waals surface area contributed by atoms with E-state index in [1.807, 2.05) is 0 Å². The summed E-state index contributed by atoms with van der Waals surface area (Å²) < 4.78 is 17.0. The molecule has 0 aliphatic carbocycles. The molecule has 0 amide bonds. The Kier molecular flexibility index (Phi) is 58.8. The number of hydrogen-bond donors (Lipinski definition) is 0. The smallest absolute Gasteiger partial charge is 0.306 e. The molecule has 0 fully saturated rings. The lowest BCUT2D eigenvalue weighted by Gasteiger charge is -2.18. The maximum atomic E-state index is 12.9. The first-order valence-corrected chi connectivity index (χ1v) is 34.1. The fraction of sp³-hybridized carbons (Fsp3) is 0.957. The second-order valence-corrected chi connectivity index (χ2v) is 25.0. The second-order valence-electron chi connectivity index (χ2n) is 25.0. The summed E-state index contributed by atoms with van der Waals surface area (Å²) in [7, 11) is 0. The lowest BCUT2D eigenvalue weighted by Crippen LogP contribution is -2.30. The molecule has 446 valence electrons. The molecule has 0 heterocycles. The van der Waals surface area contributed by atoms with E-state index in [4.69, 9.17) is 14.2 Å². The predicted octanol–water partition coefficient (Wildman–Crippen LogP) is 23.0. The van der Waals surface area contributed by atoms with Crippen LogP contribution in [-0.2, 0) is 28.6 Å². The Balaban J connectivity index is 4.27. The van der Waals surface area contributed by atoms with E-state index in [-0.39, 0.29) is 31.1 Å². The molecule has 0 spiro atoms. The molecule has 0 saturated heterocycles. The number of carbonyl (C=O) groups is 3. The van der Waals surface area contributed by atoms with Gasteiger partial charge in [0.1, 0.15) is 13.2 Å². The van der Waals surface area contributed by atoms with Gasteiger partial charge in [0.25, 0.3) is 0 Å². The van der Waals surface area contributed by atoms with Crippen LogP contribution in [0.3, 0.4) is 0 Å². The van der Waals surface area contributed by atoms with E-state index in [0.717, 1.165) is 75.5 Å². The summed E-state index contributed by atoms with van der Waals surface area (Å²) in [4.78, 5) is 38.4. The molecule has 6 nitrogen and oxygen atoms in total. The van der Waals surface area contributed by atoms with E-state index in [2.05, 4.69) is 41.5 Å². The first kappa shape index (κ1) is 73.4. The Morgan fingerprint density at radius 1 is 0.267 bits per heavy atom. The number of unbranched alkanes of at least 4 members (excludes halogenated alkanes) is 44. The molecule has 0 bridgehead atoms. The topological polar surface area (TPSA) is 78.9 Å². The molecule has 0 aromatic carbocycles. The van der Waals surface area contributed by atoms with Gasteiger partial charge in [0.15, 0.2) is 6.10 Å². The van der Waals surface area contributed by atoms with Gasteiger partial charge < -0.3 is 14.2 Å².